The second-order valence-electron chi connectivity index (χ2n) is 13.4. The van der Waals surface area contributed by atoms with Crippen LogP contribution in [0.5, 0.6) is 0 Å². The van der Waals surface area contributed by atoms with Crippen LogP contribution in [0.4, 0.5) is 0 Å². The molecule has 0 aromatic rings. The Morgan fingerprint density at radius 3 is 2.15 bits per heavy atom. The van der Waals surface area contributed by atoms with Gasteiger partial charge in [-0.2, -0.15) is 0 Å². The van der Waals surface area contributed by atoms with Gasteiger partial charge in [0.1, 0.15) is 36.8 Å². The molecule has 2 aliphatic rings. The molecule has 14 heteroatoms. The number of rotatable bonds is 10. The first kappa shape index (κ1) is 39.9. The molecule has 1 heterocycles. The van der Waals surface area contributed by atoms with Crippen molar-refractivity contribution in [3.63, 3.8) is 0 Å². The molecule has 5 amide bonds. The van der Waals surface area contributed by atoms with Gasteiger partial charge >= 0.3 is 5.97 Å². The minimum Gasteiger partial charge on any atom is -0.460 e. The molecule has 0 bridgehead atoms. The van der Waals surface area contributed by atoms with Gasteiger partial charge in [-0.3, -0.25) is 28.8 Å². The maximum Gasteiger partial charge on any atom is 0.325 e. The number of aliphatic hydroxyl groups is 1. The lowest BCUT2D eigenvalue weighted by molar-refractivity contribution is -0.157. The van der Waals surface area contributed by atoms with Crippen LogP contribution in [0.25, 0.3) is 0 Å². The number of aliphatic hydroxyl groups excluding tert-OH is 1. The molecule has 2 rings (SSSR count). The van der Waals surface area contributed by atoms with E-state index >= 15 is 0 Å². The zero-order chi connectivity index (χ0) is 35.1. The fraction of sp³-hybridized carbons (Fsp3) is 0.818. The van der Waals surface area contributed by atoms with Crippen LogP contribution in [0.3, 0.4) is 0 Å². The second kappa shape index (κ2) is 20.2. The molecule has 0 aromatic heterocycles. The Labute approximate surface area is 279 Å². The third-order valence-electron chi connectivity index (χ3n) is 9.18. The van der Waals surface area contributed by atoms with E-state index in [0.717, 1.165) is 38.5 Å². The summed E-state index contributed by atoms with van der Waals surface area (Å²) in [4.78, 5) is 81.9. The van der Waals surface area contributed by atoms with Crippen molar-refractivity contribution >= 4 is 35.5 Å². The highest BCUT2D eigenvalue weighted by Crippen LogP contribution is 2.28. The van der Waals surface area contributed by atoms with Gasteiger partial charge in [0, 0.05) is 13.6 Å². The average molecular weight is 667 g/mol. The fourth-order valence-electron chi connectivity index (χ4n) is 6.27. The van der Waals surface area contributed by atoms with Crippen molar-refractivity contribution in [3.8, 4) is 0 Å². The molecule has 7 N–H and O–H groups in total. The van der Waals surface area contributed by atoms with Gasteiger partial charge in [0.2, 0.25) is 29.5 Å². The highest BCUT2D eigenvalue weighted by Gasteiger charge is 2.39. The molecular weight excluding hydrogens is 608 g/mol. The lowest BCUT2D eigenvalue weighted by atomic mass is 9.83. The maximum atomic E-state index is 14.0. The number of carbonyl (C=O) groups is 6. The summed E-state index contributed by atoms with van der Waals surface area (Å²) >= 11 is 0. The summed E-state index contributed by atoms with van der Waals surface area (Å²) < 4.78 is 5.73. The standard InChI is InChI=1S/C33H58N6O8/c1-6-7-8-12-15-26-21(4)33(46)39(5)25(16-20(2)3)31(44)38-28(22-13-10-9-11-14-22)32(45)36-23(17-34)30(43)37-24(19-40)29(42)35-18-27(41)47-26/h20-26,28,40H,6-19,34H2,1-5H3,(H,35,42)(H,36,45)(H,37,43)(H,38,44)/t21?,23?,24?,25?,26-,28?/m1/s1. The van der Waals surface area contributed by atoms with Gasteiger partial charge in [-0.25, -0.2) is 0 Å². The molecule has 1 aliphatic heterocycles. The molecule has 14 nitrogen and oxygen atoms in total. The van der Waals surface area contributed by atoms with Crippen molar-refractivity contribution in [2.75, 3.05) is 26.7 Å². The van der Waals surface area contributed by atoms with Crippen LogP contribution in [0.2, 0.25) is 0 Å². The van der Waals surface area contributed by atoms with Gasteiger partial charge < -0.3 is 41.7 Å². The highest BCUT2D eigenvalue weighted by molar-refractivity contribution is 5.96. The number of hydrogen-bond acceptors (Lipinski definition) is 9. The molecule has 0 radical (unpaired) electrons. The van der Waals surface area contributed by atoms with Crippen LogP contribution in [0, 0.1) is 17.8 Å². The topological polar surface area (TPSA) is 209 Å². The number of cyclic esters (lactones) is 1. The first-order chi connectivity index (χ1) is 22.3. The summed E-state index contributed by atoms with van der Waals surface area (Å²) in [5.41, 5.74) is 5.84. The van der Waals surface area contributed by atoms with Crippen LogP contribution in [0.15, 0.2) is 0 Å². The molecular formula is C33H58N6O8. The SMILES string of the molecule is CCCCCC[C@H]1OC(=O)CNC(=O)C(CO)NC(=O)C(CN)NC(=O)C(C2CCCCC2)NC(=O)C(CC(C)C)N(C)C(=O)C1C. The van der Waals surface area contributed by atoms with Crippen LogP contribution in [-0.2, 0) is 33.5 Å². The van der Waals surface area contributed by atoms with E-state index in [4.69, 9.17) is 10.5 Å². The van der Waals surface area contributed by atoms with Crippen molar-refractivity contribution in [1.29, 1.82) is 0 Å². The number of amides is 5. The van der Waals surface area contributed by atoms with Gasteiger partial charge in [-0.05, 0) is 43.9 Å². The van der Waals surface area contributed by atoms with E-state index in [9.17, 15) is 33.9 Å². The van der Waals surface area contributed by atoms with Crippen molar-refractivity contribution in [1.82, 2.24) is 26.2 Å². The van der Waals surface area contributed by atoms with Crippen molar-refractivity contribution in [2.24, 2.45) is 23.5 Å². The van der Waals surface area contributed by atoms with Crippen LogP contribution >= 0.6 is 0 Å². The summed E-state index contributed by atoms with van der Waals surface area (Å²) in [5.74, 6) is -4.92. The van der Waals surface area contributed by atoms with Gasteiger partial charge in [-0.15, -0.1) is 0 Å². The van der Waals surface area contributed by atoms with E-state index in [1.807, 2.05) is 13.8 Å². The van der Waals surface area contributed by atoms with Crippen LogP contribution in [-0.4, -0.2) is 103 Å². The van der Waals surface area contributed by atoms with E-state index in [-0.39, 0.29) is 18.4 Å². The number of esters is 1. The number of hydrogen-bond donors (Lipinski definition) is 6. The summed E-state index contributed by atoms with van der Waals surface area (Å²) in [6.07, 6.45) is 7.60. The molecule has 268 valence electrons. The summed E-state index contributed by atoms with van der Waals surface area (Å²) in [6.45, 7) is 5.93. The van der Waals surface area contributed by atoms with Gasteiger partial charge in [0.25, 0.3) is 0 Å². The zero-order valence-electron chi connectivity index (χ0n) is 28.8. The Morgan fingerprint density at radius 2 is 1.55 bits per heavy atom. The Hall–Kier alpha value is -3.26. The molecule has 1 saturated carbocycles. The predicted molar refractivity (Wildman–Crippen MR) is 175 cm³/mol. The number of carbonyl (C=O) groups excluding carboxylic acids is 6. The van der Waals surface area contributed by atoms with Gasteiger partial charge in [-0.1, -0.05) is 66.2 Å². The van der Waals surface area contributed by atoms with Crippen molar-refractivity contribution < 1.29 is 38.6 Å². The van der Waals surface area contributed by atoms with E-state index in [1.54, 1.807) is 14.0 Å². The summed E-state index contributed by atoms with van der Waals surface area (Å²) in [7, 11) is 1.55. The number of nitrogens with zero attached hydrogens (tertiary/aromatic N) is 1. The van der Waals surface area contributed by atoms with Crippen LogP contribution in [0.1, 0.15) is 98.3 Å². The summed E-state index contributed by atoms with van der Waals surface area (Å²) in [5, 5.41) is 20.1. The fourth-order valence-corrected chi connectivity index (χ4v) is 6.27. The number of unbranched alkanes of at least 4 members (excludes halogenated alkanes) is 3. The predicted octanol–water partition coefficient (Wildman–Crippen LogP) is 0.493. The van der Waals surface area contributed by atoms with Gasteiger partial charge in [0.05, 0.1) is 12.5 Å². The smallest absolute Gasteiger partial charge is 0.325 e. The number of likely N-dealkylation sites (N-methyl/N-ethyl adjacent to an activating group) is 1. The Morgan fingerprint density at radius 1 is 0.894 bits per heavy atom. The maximum absolute atomic E-state index is 14.0. The molecule has 1 saturated heterocycles. The van der Waals surface area contributed by atoms with E-state index in [1.165, 1.54) is 4.90 Å². The Balaban J connectivity index is 2.53. The van der Waals surface area contributed by atoms with E-state index in [2.05, 4.69) is 28.2 Å². The lowest BCUT2D eigenvalue weighted by Gasteiger charge is -2.36. The quantitative estimate of drug-likeness (QED) is 0.141. The Kier molecular flexibility index (Phi) is 17.1. The van der Waals surface area contributed by atoms with Crippen LogP contribution < -0.4 is 27.0 Å². The molecule has 0 aromatic carbocycles. The first-order valence-corrected chi connectivity index (χ1v) is 17.3. The largest absolute Gasteiger partial charge is 0.460 e. The number of nitrogens with one attached hydrogen (secondary N) is 4. The lowest BCUT2D eigenvalue weighted by Crippen LogP contribution is -2.62. The normalized spacial score (nSPS) is 28.4. The Bertz CT molecular complexity index is 1070. The average Bonchev–Trinajstić information content (AvgIpc) is 3.06. The molecule has 6 atom stereocenters. The summed E-state index contributed by atoms with van der Waals surface area (Å²) in [6, 6.07) is -4.62. The van der Waals surface area contributed by atoms with Gasteiger partial charge in [0.15, 0.2) is 0 Å². The molecule has 5 unspecified atom stereocenters. The molecule has 47 heavy (non-hydrogen) atoms. The highest BCUT2D eigenvalue weighted by atomic mass is 16.5. The van der Waals surface area contributed by atoms with Crippen molar-refractivity contribution in [3.05, 3.63) is 0 Å². The van der Waals surface area contributed by atoms with E-state index < -0.39 is 84.8 Å². The molecule has 2 fully saturated rings. The number of nitrogens with two attached hydrogens (primary N) is 1. The first-order valence-electron chi connectivity index (χ1n) is 17.3. The van der Waals surface area contributed by atoms with E-state index in [0.29, 0.717) is 32.1 Å². The second-order valence-corrected chi connectivity index (χ2v) is 13.4. The third-order valence-corrected chi connectivity index (χ3v) is 9.18. The molecule has 1 aliphatic carbocycles. The molecule has 0 spiro atoms. The minimum absolute atomic E-state index is 0.0240. The number of ether oxygens (including phenoxy) is 1. The monoisotopic (exact) mass is 666 g/mol. The van der Waals surface area contributed by atoms with Crippen molar-refractivity contribution in [2.45, 2.75) is 129 Å². The minimum atomic E-state index is -1.44. The zero-order valence-corrected chi connectivity index (χ0v) is 28.8. The third kappa shape index (κ3) is 12.4.